The number of piperidine rings is 1. The number of rotatable bonds is 7. The molecule has 2 atom stereocenters. The third kappa shape index (κ3) is 6.40. The van der Waals surface area contributed by atoms with Crippen molar-refractivity contribution in [1.29, 1.82) is 0 Å². The SMILES string of the molecule is CCCN1CC2C(CNCc3cccc(Cl)c3)C2C1.FC(F)(F)c1ccc(-n2ccnc2)cc1. The van der Waals surface area contributed by atoms with Crippen LogP contribution in [0.15, 0.2) is 67.3 Å². The number of fused-ring (bicyclic) bond motifs is 1. The molecule has 4 nitrogen and oxygen atoms in total. The molecule has 0 radical (unpaired) electrons. The fourth-order valence-corrected chi connectivity index (χ4v) is 5.02. The van der Waals surface area contributed by atoms with E-state index in [0.717, 1.165) is 41.5 Å². The molecule has 2 aromatic carbocycles. The van der Waals surface area contributed by atoms with Crippen molar-refractivity contribution in [3.8, 4) is 5.69 Å². The molecule has 2 aliphatic rings. The summed E-state index contributed by atoms with van der Waals surface area (Å²) in [6, 6.07) is 13.0. The fourth-order valence-electron chi connectivity index (χ4n) is 4.80. The Labute approximate surface area is 203 Å². The first kappa shape index (κ1) is 24.8. The van der Waals surface area contributed by atoms with Gasteiger partial charge >= 0.3 is 6.18 Å². The average Bonchev–Trinajstić information content (AvgIpc) is 3.20. The predicted molar refractivity (Wildman–Crippen MR) is 129 cm³/mol. The van der Waals surface area contributed by atoms with E-state index >= 15 is 0 Å². The Morgan fingerprint density at radius 3 is 2.41 bits per heavy atom. The number of hydrogen-bond donors (Lipinski definition) is 1. The second-order valence-corrected chi connectivity index (χ2v) is 9.46. The molecule has 2 heterocycles. The Balaban J connectivity index is 0.000000166. The van der Waals surface area contributed by atoms with Crippen molar-refractivity contribution in [3.05, 3.63) is 83.4 Å². The van der Waals surface area contributed by atoms with Crippen molar-refractivity contribution in [2.75, 3.05) is 26.2 Å². The first-order valence-corrected chi connectivity index (χ1v) is 12.1. The van der Waals surface area contributed by atoms with Gasteiger partial charge in [0, 0.05) is 42.7 Å². The average molecular weight is 491 g/mol. The maximum absolute atomic E-state index is 12.2. The Bertz CT molecular complexity index is 1020. The van der Waals surface area contributed by atoms with Crippen LogP contribution in [0, 0.1) is 17.8 Å². The smallest absolute Gasteiger partial charge is 0.312 e. The number of halogens is 4. The van der Waals surface area contributed by atoms with Crippen molar-refractivity contribution in [2.24, 2.45) is 17.8 Å². The van der Waals surface area contributed by atoms with Gasteiger partial charge in [0.1, 0.15) is 0 Å². The molecule has 0 amide bonds. The van der Waals surface area contributed by atoms with Crippen molar-refractivity contribution in [3.63, 3.8) is 0 Å². The summed E-state index contributed by atoms with van der Waals surface area (Å²) in [4.78, 5) is 6.44. The highest BCUT2D eigenvalue weighted by molar-refractivity contribution is 6.30. The zero-order valence-electron chi connectivity index (χ0n) is 19.2. The van der Waals surface area contributed by atoms with Crippen LogP contribution in [0.5, 0.6) is 0 Å². The van der Waals surface area contributed by atoms with Crippen molar-refractivity contribution in [1.82, 2.24) is 19.8 Å². The van der Waals surface area contributed by atoms with Crippen molar-refractivity contribution in [2.45, 2.75) is 26.1 Å². The number of hydrogen-bond acceptors (Lipinski definition) is 3. The molecule has 0 bridgehead atoms. The number of benzene rings is 2. The van der Waals surface area contributed by atoms with Gasteiger partial charge in [-0.05, 0) is 79.2 Å². The van der Waals surface area contributed by atoms with Gasteiger partial charge in [0.05, 0.1) is 11.9 Å². The Morgan fingerprint density at radius 1 is 1.09 bits per heavy atom. The van der Waals surface area contributed by atoms with Crippen LogP contribution in [0.2, 0.25) is 5.02 Å². The summed E-state index contributed by atoms with van der Waals surface area (Å²) in [6.45, 7) is 8.34. The van der Waals surface area contributed by atoms with Gasteiger partial charge in [0.15, 0.2) is 0 Å². The Kier molecular flexibility index (Phi) is 7.96. The summed E-state index contributed by atoms with van der Waals surface area (Å²) >= 11 is 5.99. The lowest BCUT2D eigenvalue weighted by atomic mass is 10.2. The molecule has 1 saturated heterocycles. The van der Waals surface area contributed by atoms with E-state index in [4.69, 9.17) is 11.6 Å². The number of imidazole rings is 1. The zero-order chi connectivity index (χ0) is 24.1. The van der Waals surface area contributed by atoms with Crippen molar-refractivity contribution < 1.29 is 13.2 Å². The molecule has 3 aromatic rings. The van der Waals surface area contributed by atoms with Crippen LogP contribution in [0.1, 0.15) is 24.5 Å². The van der Waals surface area contributed by atoms with Crippen LogP contribution in [-0.2, 0) is 12.7 Å². The van der Waals surface area contributed by atoms with Crippen LogP contribution in [0.25, 0.3) is 5.69 Å². The molecule has 34 heavy (non-hydrogen) atoms. The maximum atomic E-state index is 12.2. The summed E-state index contributed by atoms with van der Waals surface area (Å²) in [7, 11) is 0. The fraction of sp³-hybridized carbons (Fsp3) is 0.423. The van der Waals surface area contributed by atoms with Gasteiger partial charge in [-0.2, -0.15) is 13.2 Å². The van der Waals surface area contributed by atoms with Gasteiger partial charge in [0.25, 0.3) is 0 Å². The quantitative estimate of drug-likeness (QED) is 0.447. The molecular formula is C26H30ClF3N4. The zero-order valence-corrected chi connectivity index (χ0v) is 19.9. The maximum Gasteiger partial charge on any atom is 0.416 e. The van der Waals surface area contributed by atoms with E-state index in [1.165, 1.54) is 56.6 Å². The van der Waals surface area contributed by atoms with Crippen LogP contribution >= 0.6 is 11.6 Å². The summed E-state index contributed by atoms with van der Waals surface area (Å²) in [5.74, 6) is 2.86. The highest BCUT2D eigenvalue weighted by Crippen LogP contribution is 2.51. The van der Waals surface area contributed by atoms with Crippen molar-refractivity contribution >= 4 is 11.6 Å². The molecule has 2 fully saturated rings. The van der Waals surface area contributed by atoms with E-state index in [2.05, 4.69) is 28.2 Å². The largest absolute Gasteiger partial charge is 0.416 e. The lowest BCUT2D eigenvalue weighted by Gasteiger charge is -2.18. The lowest BCUT2D eigenvalue weighted by molar-refractivity contribution is -0.137. The van der Waals surface area contributed by atoms with Gasteiger partial charge in [-0.15, -0.1) is 0 Å². The Morgan fingerprint density at radius 2 is 1.82 bits per heavy atom. The summed E-state index contributed by atoms with van der Waals surface area (Å²) in [5, 5.41) is 4.42. The van der Waals surface area contributed by atoms with Gasteiger partial charge in [-0.3, -0.25) is 0 Å². The molecule has 1 aliphatic carbocycles. The predicted octanol–water partition coefficient (Wildman–Crippen LogP) is 5.91. The molecule has 0 spiro atoms. The van der Waals surface area contributed by atoms with E-state index < -0.39 is 11.7 Å². The minimum absolute atomic E-state index is 0.647. The third-order valence-corrected chi connectivity index (χ3v) is 6.82. The number of aromatic nitrogens is 2. The second-order valence-electron chi connectivity index (χ2n) is 9.03. The normalized spacial score (nSPS) is 21.6. The second kappa shape index (κ2) is 10.9. The summed E-state index contributed by atoms with van der Waals surface area (Å²) < 4.78 is 38.4. The number of alkyl halides is 3. The standard InChI is InChI=1S/C16H23ClN2.C10H7F3N2/c1-2-6-19-10-15-14(16(15)11-19)9-18-8-12-4-3-5-13(17)7-12;11-10(12,13)8-1-3-9(4-2-8)15-6-5-14-7-15/h3-5,7,14-16,18H,2,6,8-11H2,1H3;1-7H. The molecule has 1 saturated carbocycles. The molecule has 2 unspecified atom stereocenters. The molecular weight excluding hydrogens is 461 g/mol. The van der Waals surface area contributed by atoms with E-state index in [9.17, 15) is 13.2 Å². The Hall–Kier alpha value is -2.35. The molecule has 1 aliphatic heterocycles. The first-order valence-electron chi connectivity index (χ1n) is 11.7. The van der Waals surface area contributed by atoms with Crippen LogP contribution in [-0.4, -0.2) is 40.6 Å². The molecule has 182 valence electrons. The number of nitrogens with zero attached hydrogens (tertiary/aromatic N) is 3. The highest BCUT2D eigenvalue weighted by atomic mass is 35.5. The molecule has 1 aromatic heterocycles. The molecule has 8 heteroatoms. The van der Waals surface area contributed by atoms with E-state index in [-0.39, 0.29) is 0 Å². The molecule has 1 N–H and O–H groups in total. The van der Waals surface area contributed by atoms with E-state index in [1.54, 1.807) is 17.0 Å². The topological polar surface area (TPSA) is 33.1 Å². The number of nitrogens with one attached hydrogen (secondary N) is 1. The van der Waals surface area contributed by atoms with E-state index in [1.807, 2.05) is 18.2 Å². The third-order valence-electron chi connectivity index (χ3n) is 6.58. The van der Waals surface area contributed by atoms with Crippen LogP contribution in [0.4, 0.5) is 13.2 Å². The van der Waals surface area contributed by atoms with Gasteiger partial charge < -0.3 is 14.8 Å². The van der Waals surface area contributed by atoms with Gasteiger partial charge in [-0.25, -0.2) is 4.98 Å². The monoisotopic (exact) mass is 490 g/mol. The highest BCUT2D eigenvalue weighted by Gasteiger charge is 2.54. The van der Waals surface area contributed by atoms with Gasteiger partial charge in [-0.1, -0.05) is 30.7 Å². The van der Waals surface area contributed by atoms with Gasteiger partial charge in [0.2, 0.25) is 0 Å². The molecule has 5 rings (SSSR count). The number of likely N-dealkylation sites (tertiary alicyclic amines) is 1. The van der Waals surface area contributed by atoms with Crippen LogP contribution in [0.3, 0.4) is 0 Å². The minimum Gasteiger partial charge on any atom is -0.312 e. The first-order chi connectivity index (χ1) is 16.3. The lowest BCUT2D eigenvalue weighted by Crippen LogP contribution is -2.28. The van der Waals surface area contributed by atoms with E-state index in [0.29, 0.717) is 5.69 Å². The summed E-state index contributed by atoms with van der Waals surface area (Å²) in [5.41, 5.74) is 1.29. The summed E-state index contributed by atoms with van der Waals surface area (Å²) in [6.07, 6.45) is 1.77. The minimum atomic E-state index is -4.28. The van der Waals surface area contributed by atoms with Crippen LogP contribution < -0.4 is 5.32 Å².